The number of carbonyl (C=O) groups excluding carboxylic acids is 1. The summed E-state index contributed by atoms with van der Waals surface area (Å²) in [5, 5.41) is 6.31. The van der Waals surface area contributed by atoms with Crippen molar-refractivity contribution in [3.05, 3.63) is 83.9 Å². The number of amides is 1. The summed E-state index contributed by atoms with van der Waals surface area (Å²) in [5.41, 5.74) is 5.49. The first kappa shape index (κ1) is 22.4. The molecule has 4 rings (SSSR count). The summed E-state index contributed by atoms with van der Waals surface area (Å²) < 4.78 is 26.7. The fraction of sp³-hybridized carbons (Fsp3) is 0.160. The molecule has 1 aliphatic rings. The van der Waals surface area contributed by atoms with E-state index in [2.05, 4.69) is 15.4 Å². The second kappa shape index (κ2) is 8.99. The normalized spacial score (nSPS) is 14.3. The van der Waals surface area contributed by atoms with Gasteiger partial charge in [-0.05, 0) is 55.0 Å². The van der Waals surface area contributed by atoms with Gasteiger partial charge in [-0.3, -0.25) is 9.52 Å². The van der Waals surface area contributed by atoms with Crippen molar-refractivity contribution in [1.29, 1.82) is 0 Å². The van der Waals surface area contributed by atoms with Gasteiger partial charge in [0.15, 0.2) is 0 Å². The summed E-state index contributed by atoms with van der Waals surface area (Å²) in [6, 6.07) is 22.5. The highest BCUT2D eigenvalue weighted by Gasteiger charge is 2.29. The third kappa shape index (κ3) is 4.85. The molecule has 0 saturated carbocycles. The van der Waals surface area contributed by atoms with E-state index in [4.69, 9.17) is 0 Å². The third-order valence-electron chi connectivity index (χ3n) is 5.38. The SMILES string of the molecule is CCS(=O)(=O)Nc1ccc2c(c1)/C(=C(/Nc1ccc(N(C)C)cc1)c1ccccc1)C(=O)N2. The van der Waals surface area contributed by atoms with Crippen LogP contribution in [0.3, 0.4) is 0 Å². The maximum Gasteiger partial charge on any atom is 0.258 e. The Kier molecular flexibility index (Phi) is 6.11. The van der Waals surface area contributed by atoms with Crippen LogP contribution in [-0.2, 0) is 14.8 Å². The van der Waals surface area contributed by atoms with E-state index in [9.17, 15) is 13.2 Å². The molecule has 0 fully saturated rings. The fourth-order valence-corrected chi connectivity index (χ4v) is 4.23. The van der Waals surface area contributed by atoms with Crippen LogP contribution >= 0.6 is 0 Å². The van der Waals surface area contributed by atoms with Gasteiger partial charge in [0, 0.05) is 42.4 Å². The van der Waals surface area contributed by atoms with Crippen LogP contribution in [0.5, 0.6) is 0 Å². The molecule has 1 heterocycles. The Hall–Kier alpha value is -3.78. The maximum absolute atomic E-state index is 13.1. The molecule has 0 aliphatic carbocycles. The van der Waals surface area contributed by atoms with Crippen LogP contribution in [0.25, 0.3) is 11.3 Å². The first-order valence-corrected chi connectivity index (χ1v) is 12.2. The van der Waals surface area contributed by atoms with E-state index in [0.29, 0.717) is 28.2 Å². The summed E-state index contributed by atoms with van der Waals surface area (Å²) in [4.78, 5) is 15.1. The van der Waals surface area contributed by atoms with Gasteiger partial charge in [-0.1, -0.05) is 30.3 Å². The number of benzene rings is 3. The average Bonchev–Trinajstić information content (AvgIpc) is 3.13. The number of sulfonamides is 1. The van der Waals surface area contributed by atoms with Crippen molar-refractivity contribution in [2.75, 3.05) is 40.1 Å². The zero-order chi connectivity index (χ0) is 23.6. The molecule has 0 bridgehead atoms. The van der Waals surface area contributed by atoms with E-state index in [1.165, 1.54) is 0 Å². The Bertz CT molecular complexity index is 1320. The molecule has 3 aromatic carbocycles. The third-order valence-corrected chi connectivity index (χ3v) is 6.69. The van der Waals surface area contributed by atoms with E-state index in [1.807, 2.05) is 73.6 Å². The Morgan fingerprint density at radius 3 is 2.24 bits per heavy atom. The van der Waals surface area contributed by atoms with Gasteiger partial charge in [-0.2, -0.15) is 0 Å². The Balaban J connectivity index is 1.83. The minimum Gasteiger partial charge on any atom is -0.378 e. The number of carbonyl (C=O) groups is 1. The highest BCUT2D eigenvalue weighted by molar-refractivity contribution is 7.92. The van der Waals surface area contributed by atoms with Gasteiger partial charge in [0.2, 0.25) is 10.0 Å². The molecule has 0 atom stereocenters. The van der Waals surface area contributed by atoms with Gasteiger partial charge < -0.3 is 15.5 Å². The zero-order valence-electron chi connectivity index (χ0n) is 18.7. The Morgan fingerprint density at radius 2 is 1.61 bits per heavy atom. The van der Waals surface area contributed by atoms with Crippen LogP contribution in [0, 0.1) is 0 Å². The number of hydrogen-bond acceptors (Lipinski definition) is 5. The van der Waals surface area contributed by atoms with E-state index >= 15 is 0 Å². The number of hydrogen-bond donors (Lipinski definition) is 3. The molecule has 0 spiro atoms. The van der Waals surface area contributed by atoms with Crippen molar-refractivity contribution in [3.63, 3.8) is 0 Å². The van der Waals surface area contributed by atoms with Gasteiger partial charge in [0.1, 0.15) is 0 Å². The summed E-state index contributed by atoms with van der Waals surface area (Å²) in [6.07, 6.45) is 0. The minimum absolute atomic E-state index is 0.0380. The lowest BCUT2D eigenvalue weighted by Gasteiger charge is -2.17. The molecule has 0 unspecified atom stereocenters. The molecule has 33 heavy (non-hydrogen) atoms. The highest BCUT2D eigenvalue weighted by Crippen LogP contribution is 2.39. The number of fused-ring (bicyclic) bond motifs is 1. The number of anilines is 4. The second-order valence-electron chi connectivity index (χ2n) is 7.90. The number of rotatable bonds is 7. The summed E-state index contributed by atoms with van der Waals surface area (Å²) in [6.45, 7) is 1.57. The van der Waals surface area contributed by atoms with Crippen LogP contribution in [0.4, 0.5) is 22.7 Å². The van der Waals surface area contributed by atoms with Gasteiger partial charge in [0.25, 0.3) is 5.91 Å². The van der Waals surface area contributed by atoms with Crippen LogP contribution in [0.1, 0.15) is 18.1 Å². The molecule has 0 saturated heterocycles. The van der Waals surface area contributed by atoms with Gasteiger partial charge in [0.05, 0.1) is 17.0 Å². The standard InChI is InChI=1S/C25H26N4O3S/c1-4-33(31,32)28-19-12-15-22-21(16-19)23(25(30)27-22)24(17-8-6-5-7-9-17)26-18-10-13-20(14-11-18)29(2)3/h5-16,26,28H,4H2,1-3H3,(H,27,30)/b24-23-. The van der Waals surface area contributed by atoms with Gasteiger partial charge >= 0.3 is 0 Å². The molecule has 0 radical (unpaired) electrons. The first-order valence-electron chi connectivity index (χ1n) is 10.6. The van der Waals surface area contributed by atoms with Crippen LogP contribution in [-0.4, -0.2) is 34.2 Å². The lowest BCUT2D eigenvalue weighted by molar-refractivity contribution is -0.110. The quantitative estimate of drug-likeness (QED) is 0.452. The van der Waals surface area contributed by atoms with Gasteiger partial charge in [-0.25, -0.2) is 8.42 Å². The molecular weight excluding hydrogens is 436 g/mol. The lowest BCUT2D eigenvalue weighted by atomic mass is 9.99. The van der Waals surface area contributed by atoms with Gasteiger partial charge in [-0.15, -0.1) is 0 Å². The molecule has 170 valence electrons. The van der Waals surface area contributed by atoms with Crippen molar-refractivity contribution in [1.82, 2.24) is 0 Å². The van der Waals surface area contributed by atoms with E-state index in [1.54, 1.807) is 25.1 Å². The molecule has 7 nitrogen and oxygen atoms in total. The zero-order valence-corrected chi connectivity index (χ0v) is 19.5. The largest absolute Gasteiger partial charge is 0.378 e. The summed E-state index contributed by atoms with van der Waals surface area (Å²) in [5.74, 6) is -0.291. The molecule has 8 heteroatoms. The van der Waals surface area contributed by atoms with Crippen LogP contribution in [0.15, 0.2) is 72.8 Å². The molecule has 0 aromatic heterocycles. The topological polar surface area (TPSA) is 90.5 Å². The second-order valence-corrected chi connectivity index (χ2v) is 9.91. The van der Waals surface area contributed by atoms with Crippen molar-refractivity contribution in [2.24, 2.45) is 0 Å². The minimum atomic E-state index is -3.44. The van der Waals surface area contributed by atoms with E-state index in [0.717, 1.165) is 16.9 Å². The highest BCUT2D eigenvalue weighted by atomic mass is 32.2. The molecule has 3 aromatic rings. The molecule has 3 N–H and O–H groups in total. The summed E-state index contributed by atoms with van der Waals surface area (Å²) >= 11 is 0. The average molecular weight is 463 g/mol. The predicted molar refractivity (Wildman–Crippen MR) is 136 cm³/mol. The number of nitrogens with one attached hydrogen (secondary N) is 3. The van der Waals surface area contributed by atoms with Crippen LogP contribution in [0.2, 0.25) is 0 Å². The predicted octanol–water partition coefficient (Wildman–Crippen LogP) is 4.45. The smallest absolute Gasteiger partial charge is 0.258 e. The maximum atomic E-state index is 13.1. The van der Waals surface area contributed by atoms with Crippen molar-refractivity contribution >= 4 is 50.0 Å². The van der Waals surface area contributed by atoms with Crippen molar-refractivity contribution < 1.29 is 13.2 Å². The van der Waals surface area contributed by atoms with Crippen LogP contribution < -0.4 is 20.3 Å². The first-order chi connectivity index (χ1) is 15.8. The molecular formula is C25H26N4O3S. The summed E-state index contributed by atoms with van der Waals surface area (Å²) in [7, 11) is 0.508. The molecule has 1 amide bonds. The van der Waals surface area contributed by atoms with Crippen molar-refractivity contribution in [2.45, 2.75) is 6.92 Å². The Labute approximate surface area is 194 Å². The molecule has 1 aliphatic heterocycles. The Morgan fingerprint density at radius 1 is 0.939 bits per heavy atom. The fourth-order valence-electron chi connectivity index (χ4n) is 3.60. The number of nitrogens with zero attached hydrogens (tertiary/aromatic N) is 1. The monoisotopic (exact) mass is 462 g/mol. The van der Waals surface area contributed by atoms with E-state index in [-0.39, 0.29) is 11.7 Å². The lowest BCUT2D eigenvalue weighted by Crippen LogP contribution is -2.14. The van der Waals surface area contributed by atoms with Crippen molar-refractivity contribution in [3.8, 4) is 0 Å². The van der Waals surface area contributed by atoms with E-state index < -0.39 is 10.0 Å².